The van der Waals surface area contributed by atoms with Crippen molar-refractivity contribution in [2.45, 2.75) is 19.4 Å². The van der Waals surface area contributed by atoms with Gasteiger partial charge in [0.05, 0.1) is 28.2 Å². The van der Waals surface area contributed by atoms with Crippen LogP contribution < -0.4 is 22.3 Å². The number of nitrogen functional groups attached to an aromatic ring is 2. The number of anilines is 3. The van der Waals surface area contributed by atoms with Crippen LogP contribution in [-0.4, -0.2) is 29.7 Å². The van der Waals surface area contributed by atoms with Crippen LogP contribution in [0.4, 0.5) is 22.0 Å². The van der Waals surface area contributed by atoms with Crippen molar-refractivity contribution in [1.82, 2.24) is 29.7 Å². The number of aromatic nitrogens is 6. The molecule has 11 nitrogen and oxygen atoms in total. The summed E-state index contributed by atoms with van der Waals surface area (Å²) >= 11 is 6.19. The highest BCUT2D eigenvalue weighted by Crippen LogP contribution is 2.28. The Kier molecular flexibility index (Phi) is 5.33. The highest BCUT2D eigenvalue weighted by molar-refractivity contribution is 6.35. The summed E-state index contributed by atoms with van der Waals surface area (Å²) in [6, 6.07) is 4.99. The largest absolute Gasteiger partial charge is 0.382 e. The number of hydrogen-bond acceptors (Lipinski definition) is 9. The molecule has 0 saturated carbocycles. The Balaban J connectivity index is 1.98. The van der Waals surface area contributed by atoms with E-state index >= 15 is 0 Å². The van der Waals surface area contributed by atoms with E-state index in [1.807, 2.05) is 13.0 Å². The number of halogens is 2. The summed E-state index contributed by atoms with van der Waals surface area (Å²) in [6.45, 7) is 1.83. The van der Waals surface area contributed by atoms with E-state index in [1.54, 1.807) is 6.07 Å². The van der Waals surface area contributed by atoms with Crippen molar-refractivity contribution in [3.63, 3.8) is 0 Å². The zero-order valence-corrected chi connectivity index (χ0v) is 17.4. The van der Waals surface area contributed by atoms with Crippen molar-refractivity contribution in [1.29, 1.82) is 5.26 Å². The Morgan fingerprint density at radius 1 is 1.34 bits per heavy atom. The van der Waals surface area contributed by atoms with E-state index in [0.29, 0.717) is 12.2 Å². The summed E-state index contributed by atoms with van der Waals surface area (Å²) in [7, 11) is 0. The van der Waals surface area contributed by atoms with E-state index < -0.39 is 17.4 Å². The molecule has 0 aliphatic carbocycles. The summed E-state index contributed by atoms with van der Waals surface area (Å²) in [5.74, 6) is -0.270. The van der Waals surface area contributed by atoms with Gasteiger partial charge in [0, 0.05) is 6.07 Å². The average Bonchev–Trinajstić information content (AvgIpc) is 3.26. The number of fused-ring (bicyclic) bond motifs is 1. The Hall–Kier alpha value is -4.24. The molecular formula is C19H16ClFN10O. The van der Waals surface area contributed by atoms with E-state index in [4.69, 9.17) is 23.1 Å². The minimum Gasteiger partial charge on any atom is -0.382 e. The van der Waals surface area contributed by atoms with Crippen LogP contribution in [0.1, 0.15) is 30.8 Å². The van der Waals surface area contributed by atoms with Crippen molar-refractivity contribution < 1.29 is 4.39 Å². The molecule has 3 heterocycles. The van der Waals surface area contributed by atoms with Gasteiger partial charge in [0.25, 0.3) is 5.56 Å². The molecule has 0 aliphatic heterocycles. The molecule has 0 spiro atoms. The van der Waals surface area contributed by atoms with Crippen molar-refractivity contribution >= 4 is 40.1 Å². The van der Waals surface area contributed by atoms with Gasteiger partial charge in [-0.2, -0.15) is 20.3 Å². The summed E-state index contributed by atoms with van der Waals surface area (Å²) in [5.41, 5.74) is 11.1. The zero-order valence-electron chi connectivity index (χ0n) is 16.6. The van der Waals surface area contributed by atoms with Gasteiger partial charge in [-0.15, -0.1) is 0 Å². The number of benzene rings is 1. The van der Waals surface area contributed by atoms with Crippen molar-refractivity contribution in [3.8, 4) is 11.9 Å². The number of hydrogen-bond donors (Lipinski definition) is 4. The number of nitrogens with one attached hydrogen (secondary N) is 2. The van der Waals surface area contributed by atoms with Crippen LogP contribution >= 0.6 is 11.6 Å². The Bertz CT molecular complexity index is 1430. The third-order valence-corrected chi connectivity index (χ3v) is 5.03. The molecule has 4 rings (SSSR count). The van der Waals surface area contributed by atoms with Crippen molar-refractivity contribution in [3.05, 3.63) is 57.0 Å². The average molecular weight is 455 g/mol. The first-order valence-corrected chi connectivity index (χ1v) is 9.72. The van der Waals surface area contributed by atoms with Gasteiger partial charge in [0.2, 0.25) is 5.95 Å². The fraction of sp³-hybridized carbons (Fsp3) is 0.158. The summed E-state index contributed by atoms with van der Waals surface area (Å²) in [4.78, 5) is 25.8. The van der Waals surface area contributed by atoms with E-state index in [2.05, 4.69) is 30.5 Å². The van der Waals surface area contributed by atoms with Crippen LogP contribution in [0.3, 0.4) is 0 Å². The molecule has 6 N–H and O–H groups in total. The first-order chi connectivity index (χ1) is 15.3. The monoisotopic (exact) mass is 454 g/mol. The first kappa shape index (κ1) is 21.0. The fourth-order valence-electron chi connectivity index (χ4n) is 3.30. The predicted octanol–water partition coefficient (Wildman–Crippen LogP) is 2.29. The molecule has 162 valence electrons. The Labute approximate surface area is 184 Å². The van der Waals surface area contributed by atoms with Crippen LogP contribution in [-0.2, 0) is 0 Å². The second kappa shape index (κ2) is 8.12. The number of H-pyrrole nitrogens is 1. The molecule has 1 atom stereocenters. The van der Waals surface area contributed by atoms with Crippen molar-refractivity contribution in [2.75, 3.05) is 16.8 Å². The maximum atomic E-state index is 14.0. The van der Waals surface area contributed by atoms with Gasteiger partial charge in [-0.25, -0.2) is 13.9 Å². The number of nitriles is 1. The normalized spacial score (nSPS) is 11.9. The van der Waals surface area contributed by atoms with Crippen LogP contribution in [0.2, 0.25) is 5.02 Å². The van der Waals surface area contributed by atoms with Gasteiger partial charge in [0.15, 0.2) is 5.82 Å². The van der Waals surface area contributed by atoms with E-state index in [1.165, 1.54) is 10.8 Å². The lowest BCUT2D eigenvalue weighted by Crippen LogP contribution is -2.29. The van der Waals surface area contributed by atoms with E-state index in [9.17, 15) is 14.4 Å². The molecule has 0 radical (unpaired) electrons. The number of aromatic amines is 1. The summed E-state index contributed by atoms with van der Waals surface area (Å²) in [6.07, 6.45) is 1.86. The molecule has 32 heavy (non-hydrogen) atoms. The molecule has 0 fully saturated rings. The maximum absolute atomic E-state index is 14.0. The highest BCUT2D eigenvalue weighted by atomic mass is 35.5. The molecule has 3 aromatic heterocycles. The minimum absolute atomic E-state index is 0.00329. The summed E-state index contributed by atoms with van der Waals surface area (Å²) < 4.78 is 15.2. The molecule has 4 aromatic rings. The predicted molar refractivity (Wildman–Crippen MR) is 117 cm³/mol. The van der Waals surface area contributed by atoms with Gasteiger partial charge in [-0.05, 0) is 18.6 Å². The first-order valence-electron chi connectivity index (χ1n) is 9.35. The second-order valence-electron chi connectivity index (χ2n) is 6.74. The highest BCUT2D eigenvalue weighted by Gasteiger charge is 2.24. The van der Waals surface area contributed by atoms with E-state index in [0.717, 1.165) is 12.1 Å². The van der Waals surface area contributed by atoms with Crippen molar-refractivity contribution in [2.24, 2.45) is 0 Å². The Morgan fingerprint density at radius 3 is 2.78 bits per heavy atom. The lowest BCUT2D eigenvalue weighted by atomic mass is 10.1. The van der Waals surface area contributed by atoms with Gasteiger partial charge in [-0.1, -0.05) is 18.5 Å². The maximum Gasteiger partial charge on any atom is 0.267 e. The van der Waals surface area contributed by atoms with Crippen LogP contribution in [0.25, 0.3) is 16.7 Å². The third kappa shape index (κ3) is 3.54. The van der Waals surface area contributed by atoms with Crippen LogP contribution in [0, 0.1) is 17.1 Å². The third-order valence-electron chi connectivity index (χ3n) is 4.74. The molecule has 0 bridgehead atoms. The second-order valence-corrected chi connectivity index (χ2v) is 7.15. The summed E-state index contributed by atoms with van der Waals surface area (Å²) in [5, 5.41) is 19.1. The molecule has 0 aliphatic rings. The zero-order chi connectivity index (χ0) is 23.0. The minimum atomic E-state index is -0.666. The Morgan fingerprint density at radius 2 is 2.12 bits per heavy atom. The molecule has 0 saturated heterocycles. The van der Waals surface area contributed by atoms with Gasteiger partial charge in [0.1, 0.15) is 34.9 Å². The van der Waals surface area contributed by atoms with Gasteiger partial charge in [-0.3, -0.25) is 9.89 Å². The molecule has 0 unspecified atom stereocenters. The topological polar surface area (TPSA) is 177 Å². The lowest BCUT2D eigenvalue weighted by Gasteiger charge is -2.22. The molecule has 1 aromatic carbocycles. The fourth-order valence-corrected chi connectivity index (χ4v) is 3.54. The number of nitrogens with zero attached hydrogens (tertiary/aromatic N) is 6. The SMILES string of the molecule is CC[C@H](Nc1nc(N)nc(N)c1C#N)c1nc2c(Cl)cc(F)cc2c(=O)n1-c1ccn[nH]1. The number of rotatable bonds is 5. The molecule has 13 heteroatoms. The smallest absolute Gasteiger partial charge is 0.267 e. The lowest BCUT2D eigenvalue weighted by molar-refractivity contribution is 0.627. The molecule has 0 amide bonds. The van der Waals surface area contributed by atoms with Gasteiger partial charge >= 0.3 is 0 Å². The van der Waals surface area contributed by atoms with E-state index in [-0.39, 0.29) is 44.9 Å². The van der Waals surface area contributed by atoms with Gasteiger partial charge < -0.3 is 16.8 Å². The van der Waals surface area contributed by atoms with Crippen LogP contribution in [0.15, 0.2) is 29.2 Å². The van der Waals surface area contributed by atoms with Crippen LogP contribution in [0.5, 0.6) is 0 Å². The number of nitrogens with two attached hydrogens (primary N) is 2. The quantitative estimate of drug-likeness (QED) is 0.352. The molecular weight excluding hydrogens is 439 g/mol. The standard InChI is InChI=1S/C19H16ClFN10O/c1-2-12(26-16-10(7-22)15(23)28-19(24)29-16)17-27-14-9(5-8(21)6-11(14)20)18(32)31(17)13-3-4-25-30-13/h3-6,12H,2H2,1H3,(H,25,30)(H5,23,24,26,28,29)/t12-/m0/s1.